The van der Waals surface area contributed by atoms with Crippen molar-refractivity contribution in [2.24, 2.45) is 17.4 Å². The maximum Gasteiger partial charge on any atom is 0.325 e. The summed E-state index contributed by atoms with van der Waals surface area (Å²) in [6.07, 6.45) is -0.160. The molecule has 0 aromatic rings. The number of carbonyl (C=O) groups excluding carboxylic acids is 4. The normalized spacial score (nSPS) is 15.1. The minimum atomic E-state index is -1.39. The van der Waals surface area contributed by atoms with Gasteiger partial charge in [0.05, 0.1) is 12.6 Å². The highest BCUT2D eigenvalue weighted by Crippen LogP contribution is 2.04. The Morgan fingerprint density at radius 1 is 0.929 bits per heavy atom. The van der Waals surface area contributed by atoms with Crippen LogP contribution in [0.5, 0.6) is 0 Å². The standard InChI is InChI=1S/C16H29N5O7/c1-7(2)12(15(26)19-8(3)16(27)28)21-14(25)10(6-22)20-13(24)9(17)4-5-11(18)23/h7-10,12,22H,4-6,17H2,1-3H3,(H2,18,23)(H,19,26)(H,20,24)(H,21,25)(H,27,28). The van der Waals surface area contributed by atoms with E-state index in [1.54, 1.807) is 13.8 Å². The molecule has 4 atom stereocenters. The van der Waals surface area contributed by atoms with E-state index in [2.05, 4.69) is 16.0 Å². The topological polar surface area (TPSA) is 214 Å². The van der Waals surface area contributed by atoms with E-state index < -0.39 is 66.3 Å². The van der Waals surface area contributed by atoms with Gasteiger partial charge < -0.3 is 37.6 Å². The minimum Gasteiger partial charge on any atom is -0.480 e. The van der Waals surface area contributed by atoms with Crippen LogP contribution < -0.4 is 27.4 Å². The van der Waals surface area contributed by atoms with Crippen molar-refractivity contribution in [3.05, 3.63) is 0 Å². The summed E-state index contributed by atoms with van der Waals surface area (Å²) in [7, 11) is 0. The lowest BCUT2D eigenvalue weighted by Crippen LogP contribution is -2.59. The van der Waals surface area contributed by atoms with Gasteiger partial charge in [-0.3, -0.25) is 24.0 Å². The molecule has 0 bridgehead atoms. The van der Waals surface area contributed by atoms with Gasteiger partial charge in [-0.25, -0.2) is 0 Å². The molecule has 0 fully saturated rings. The van der Waals surface area contributed by atoms with E-state index in [0.717, 1.165) is 0 Å². The van der Waals surface area contributed by atoms with Crippen molar-refractivity contribution in [2.75, 3.05) is 6.61 Å². The quantitative estimate of drug-likeness (QED) is 0.175. The number of rotatable bonds is 12. The summed E-state index contributed by atoms with van der Waals surface area (Å²) in [5.41, 5.74) is 10.6. The fraction of sp³-hybridized carbons (Fsp3) is 0.688. The van der Waals surface area contributed by atoms with Crippen LogP contribution in [0.2, 0.25) is 0 Å². The Hall–Kier alpha value is -2.73. The van der Waals surface area contributed by atoms with E-state index in [1.165, 1.54) is 6.92 Å². The van der Waals surface area contributed by atoms with Gasteiger partial charge in [-0.2, -0.15) is 0 Å². The highest BCUT2D eigenvalue weighted by Gasteiger charge is 2.30. The molecular formula is C16H29N5O7. The van der Waals surface area contributed by atoms with E-state index in [9.17, 15) is 29.1 Å². The van der Waals surface area contributed by atoms with E-state index >= 15 is 0 Å². The van der Waals surface area contributed by atoms with Gasteiger partial charge in [-0.05, 0) is 19.3 Å². The number of aliphatic hydroxyl groups excluding tert-OH is 1. The Balaban J connectivity index is 4.97. The minimum absolute atomic E-state index is 0.0367. The van der Waals surface area contributed by atoms with E-state index in [0.29, 0.717) is 0 Å². The lowest BCUT2D eigenvalue weighted by atomic mass is 10.0. The molecule has 0 radical (unpaired) electrons. The summed E-state index contributed by atoms with van der Waals surface area (Å²) in [5, 5.41) is 25.1. The highest BCUT2D eigenvalue weighted by molar-refractivity contribution is 5.94. The van der Waals surface area contributed by atoms with Crippen LogP contribution in [0, 0.1) is 5.92 Å². The van der Waals surface area contributed by atoms with Crippen molar-refractivity contribution in [1.29, 1.82) is 0 Å². The van der Waals surface area contributed by atoms with Gasteiger partial charge in [0, 0.05) is 6.42 Å². The summed E-state index contributed by atoms with van der Waals surface area (Å²) < 4.78 is 0. The van der Waals surface area contributed by atoms with Crippen molar-refractivity contribution in [2.45, 2.75) is 57.8 Å². The van der Waals surface area contributed by atoms with Crippen LogP contribution in [0.3, 0.4) is 0 Å². The molecule has 0 aromatic heterocycles. The van der Waals surface area contributed by atoms with Gasteiger partial charge >= 0.3 is 5.97 Å². The van der Waals surface area contributed by atoms with Gasteiger partial charge in [-0.15, -0.1) is 0 Å². The van der Waals surface area contributed by atoms with Crippen LogP contribution in [0.15, 0.2) is 0 Å². The van der Waals surface area contributed by atoms with Crippen molar-refractivity contribution in [1.82, 2.24) is 16.0 Å². The van der Waals surface area contributed by atoms with E-state index in [4.69, 9.17) is 16.6 Å². The first-order valence-electron chi connectivity index (χ1n) is 8.69. The van der Waals surface area contributed by atoms with Gasteiger partial charge in [0.2, 0.25) is 23.6 Å². The summed E-state index contributed by atoms with van der Waals surface area (Å²) in [6.45, 7) is 3.76. The summed E-state index contributed by atoms with van der Waals surface area (Å²) in [6, 6.07) is -4.76. The maximum atomic E-state index is 12.3. The SMILES string of the molecule is CC(NC(=O)C(NC(=O)C(CO)NC(=O)C(N)CCC(N)=O)C(C)C)C(=O)O. The Morgan fingerprint density at radius 3 is 1.93 bits per heavy atom. The molecular weight excluding hydrogens is 374 g/mol. The average molecular weight is 403 g/mol. The van der Waals surface area contributed by atoms with E-state index in [1.807, 2.05) is 0 Å². The molecule has 0 saturated heterocycles. The molecule has 12 nitrogen and oxygen atoms in total. The zero-order valence-electron chi connectivity index (χ0n) is 16.1. The summed E-state index contributed by atoms with van der Waals surface area (Å²) >= 11 is 0. The second-order valence-electron chi connectivity index (χ2n) is 6.65. The number of hydrogen-bond donors (Lipinski definition) is 7. The number of carboxylic acid groups (broad SMARTS) is 1. The van der Waals surface area contributed by atoms with Crippen LogP contribution in [-0.2, 0) is 24.0 Å². The van der Waals surface area contributed by atoms with Crippen LogP contribution in [0.1, 0.15) is 33.6 Å². The zero-order chi connectivity index (χ0) is 22.0. The number of amides is 4. The van der Waals surface area contributed by atoms with Crippen molar-refractivity contribution in [3.63, 3.8) is 0 Å². The number of aliphatic carboxylic acids is 1. The number of carbonyl (C=O) groups is 5. The molecule has 9 N–H and O–H groups in total. The highest BCUT2D eigenvalue weighted by atomic mass is 16.4. The molecule has 0 aromatic carbocycles. The third-order valence-electron chi connectivity index (χ3n) is 3.83. The van der Waals surface area contributed by atoms with Crippen molar-refractivity contribution < 1.29 is 34.2 Å². The first-order valence-corrected chi connectivity index (χ1v) is 8.69. The van der Waals surface area contributed by atoms with Crippen LogP contribution in [0.25, 0.3) is 0 Å². The number of primary amides is 1. The van der Waals surface area contributed by atoms with Crippen LogP contribution in [0.4, 0.5) is 0 Å². The molecule has 4 unspecified atom stereocenters. The molecule has 160 valence electrons. The van der Waals surface area contributed by atoms with Crippen molar-refractivity contribution in [3.8, 4) is 0 Å². The maximum absolute atomic E-state index is 12.3. The van der Waals surface area contributed by atoms with Gasteiger partial charge in [0.1, 0.15) is 18.1 Å². The van der Waals surface area contributed by atoms with E-state index in [-0.39, 0.29) is 12.8 Å². The lowest BCUT2D eigenvalue weighted by molar-refractivity contribution is -0.142. The number of hydrogen-bond acceptors (Lipinski definition) is 7. The fourth-order valence-electron chi connectivity index (χ4n) is 2.06. The number of nitrogens with one attached hydrogen (secondary N) is 3. The Bertz CT molecular complexity index is 596. The van der Waals surface area contributed by atoms with Gasteiger partial charge in [0.15, 0.2) is 0 Å². The van der Waals surface area contributed by atoms with Crippen molar-refractivity contribution >= 4 is 29.6 Å². The largest absolute Gasteiger partial charge is 0.480 e. The first-order chi connectivity index (χ1) is 12.9. The molecule has 0 rings (SSSR count). The first kappa shape index (κ1) is 25.3. The smallest absolute Gasteiger partial charge is 0.325 e. The molecule has 4 amide bonds. The van der Waals surface area contributed by atoms with Gasteiger partial charge in [-0.1, -0.05) is 13.8 Å². The third-order valence-corrected chi connectivity index (χ3v) is 3.83. The lowest BCUT2D eigenvalue weighted by Gasteiger charge is -2.25. The Morgan fingerprint density at radius 2 is 1.50 bits per heavy atom. The van der Waals surface area contributed by atoms with Crippen LogP contribution >= 0.6 is 0 Å². The molecule has 0 spiro atoms. The summed E-state index contributed by atoms with van der Waals surface area (Å²) in [4.78, 5) is 58.1. The number of nitrogens with two attached hydrogens (primary N) is 2. The number of aliphatic hydroxyl groups is 1. The molecule has 0 aliphatic rings. The molecule has 0 saturated carbocycles. The van der Waals surface area contributed by atoms with Crippen LogP contribution in [-0.4, -0.2) is 70.6 Å². The molecule has 12 heteroatoms. The third kappa shape index (κ3) is 8.77. The average Bonchev–Trinajstić information content (AvgIpc) is 2.60. The second kappa shape index (κ2) is 11.9. The molecule has 0 heterocycles. The molecule has 0 aliphatic heterocycles. The Kier molecular flexibility index (Phi) is 10.7. The molecule has 0 aliphatic carbocycles. The predicted octanol–water partition coefficient (Wildman–Crippen LogP) is -3.21. The van der Waals surface area contributed by atoms with Gasteiger partial charge in [0.25, 0.3) is 0 Å². The Labute approximate surface area is 162 Å². The zero-order valence-corrected chi connectivity index (χ0v) is 16.1. The second-order valence-corrected chi connectivity index (χ2v) is 6.65. The molecule has 28 heavy (non-hydrogen) atoms. The number of carboxylic acids is 1. The fourth-order valence-corrected chi connectivity index (χ4v) is 2.06. The predicted molar refractivity (Wildman–Crippen MR) is 97.4 cm³/mol. The monoisotopic (exact) mass is 403 g/mol. The summed E-state index contributed by atoms with van der Waals surface area (Å²) in [5.74, 6) is -4.64.